The Hall–Kier alpha value is -2.72. The first-order valence-electron chi connectivity index (χ1n) is 11.5. The maximum atomic E-state index is 5.81. The number of ether oxygens (including phenoxy) is 2. The molecule has 1 aromatic heterocycles. The third kappa shape index (κ3) is 7.48. The van der Waals surface area contributed by atoms with Gasteiger partial charge in [-0.1, -0.05) is 56.2 Å². The van der Waals surface area contributed by atoms with Crippen LogP contribution in [0.4, 0.5) is 0 Å². The summed E-state index contributed by atoms with van der Waals surface area (Å²) in [6.07, 6.45) is 10.7. The lowest BCUT2D eigenvalue weighted by atomic mass is 10.0. The van der Waals surface area contributed by atoms with E-state index in [1.54, 1.807) is 0 Å². The van der Waals surface area contributed by atoms with Gasteiger partial charge >= 0.3 is 0 Å². The van der Waals surface area contributed by atoms with Crippen LogP contribution in [-0.4, -0.2) is 29.8 Å². The molecule has 0 saturated heterocycles. The molecule has 0 N–H and O–H groups in total. The van der Waals surface area contributed by atoms with Gasteiger partial charge in [-0.2, -0.15) is 0 Å². The van der Waals surface area contributed by atoms with Crippen molar-refractivity contribution in [2.24, 2.45) is 0 Å². The Morgan fingerprint density at radius 1 is 0.677 bits per heavy atom. The summed E-state index contributed by atoms with van der Waals surface area (Å²) in [5.74, 6) is 1.65. The Morgan fingerprint density at radius 3 is 2.03 bits per heavy atom. The molecule has 0 saturated carbocycles. The highest BCUT2D eigenvalue weighted by atomic mass is 16.5. The topological polar surface area (TPSA) is 44.2 Å². The molecular formula is C27H34N2O2. The van der Waals surface area contributed by atoms with Crippen molar-refractivity contribution in [2.75, 3.05) is 19.8 Å². The highest BCUT2D eigenvalue weighted by molar-refractivity contribution is 5.64. The van der Waals surface area contributed by atoms with Crippen LogP contribution in [0.5, 0.6) is 5.75 Å². The predicted molar refractivity (Wildman–Crippen MR) is 127 cm³/mol. The second-order valence-electron chi connectivity index (χ2n) is 7.73. The molecule has 0 aliphatic carbocycles. The van der Waals surface area contributed by atoms with E-state index in [0.29, 0.717) is 6.61 Å². The standard InChI is InChI=1S/C27H34N2O2/c1-3-5-6-9-22-10-12-24(13-11-22)27-28-20-25(21-29-27)23-14-16-26(17-15-23)31-19-8-7-18-30-4-2/h10-17,20-21H,3-9,18-19H2,1-2H3. The van der Waals surface area contributed by atoms with E-state index in [9.17, 15) is 0 Å². The third-order valence-electron chi connectivity index (χ3n) is 5.28. The van der Waals surface area contributed by atoms with Crippen molar-refractivity contribution in [3.63, 3.8) is 0 Å². The maximum Gasteiger partial charge on any atom is 0.159 e. The van der Waals surface area contributed by atoms with Crippen LogP contribution >= 0.6 is 0 Å². The first kappa shape index (κ1) is 23.0. The molecule has 3 aromatic rings. The van der Waals surface area contributed by atoms with E-state index in [4.69, 9.17) is 9.47 Å². The highest BCUT2D eigenvalue weighted by Crippen LogP contribution is 2.23. The summed E-state index contributed by atoms with van der Waals surface area (Å²) in [5.41, 5.74) is 4.52. The number of hydrogen-bond acceptors (Lipinski definition) is 4. The SMILES string of the molecule is CCCCCc1ccc(-c2ncc(-c3ccc(OCCCCOCC)cc3)cn2)cc1. The van der Waals surface area contributed by atoms with Crippen LogP contribution in [0.25, 0.3) is 22.5 Å². The van der Waals surface area contributed by atoms with Crippen molar-refractivity contribution in [2.45, 2.75) is 52.4 Å². The van der Waals surface area contributed by atoms with Gasteiger partial charge in [0, 0.05) is 36.7 Å². The van der Waals surface area contributed by atoms with Crippen molar-refractivity contribution >= 4 is 0 Å². The average Bonchev–Trinajstić information content (AvgIpc) is 2.82. The van der Waals surface area contributed by atoms with Gasteiger partial charge in [-0.05, 0) is 55.9 Å². The van der Waals surface area contributed by atoms with E-state index < -0.39 is 0 Å². The Bertz CT molecular complexity index is 875. The Balaban J connectivity index is 1.52. The number of aryl methyl sites for hydroxylation is 1. The number of aromatic nitrogens is 2. The van der Waals surface area contributed by atoms with Crippen LogP contribution in [0.2, 0.25) is 0 Å². The molecule has 31 heavy (non-hydrogen) atoms. The minimum Gasteiger partial charge on any atom is -0.494 e. The van der Waals surface area contributed by atoms with Crippen LogP contribution in [0.1, 0.15) is 51.5 Å². The fourth-order valence-electron chi connectivity index (χ4n) is 3.41. The Labute approximate surface area is 186 Å². The molecular weight excluding hydrogens is 384 g/mol. The van der Waals surface area contributed by atoms with E-state index in [1.807, 2.05) is 31.5 Å². The molecule has 3 rings (SSSR count). The molecule has 0 radical (unpaired) electrons. The van der Waals surface area contributed by atoms with E-state index >= 15 is 0 Å². The zero-order chi connectivity index (χ0) is 21.7. The lowest BCUT2D eigenvalue weighted by Crippen LogP contribution is -2.00. The molecule has 4 nitrogen and oxygen atoms in total. The normalized spacial score (nSPS) is 10.9. The molecule has 0 spiro atoms. The summed E-state index contributed by atoms with van der Waals surface area (Å²) in [6.45, 7) is 6.54. The molecule has 1 heterocycles. The molecule has 4 heteroatoms. The number of benzene rings is 2. The quantitative estimate of drug-likeness (QED) is 0.288. The molecule has 0 fully saturated rings. The van der Waals surface area contributed by atoms with Crippen LogP contribution in [-0.2, 0) is 11.2 Å². The van der Waals surface area contributed by atoms with Crippen molar-refractivity contribution in [3.05, 3.63) is 66.5 Å². The summed E-state index contributed by atoms with van der Waals surface area (Å²) < 4.78 is 11.2. The smallest absolute Gasteiger partial charge is 0.159 e. The van der Waals surface area contributed by atoms with Gasteiger partial charge in [0.15, 0.2) is 5.82 Å². The molecule has 2 aromatic carbocycles. The molecule has 0 amide bonds. The van der Waals surface area contributed by atoms with Crippen LogP contribution in [0.15, 0.2) is 60.9 Å². The Morgan fingerprint density at radius 2 is 1.35 bits per heavy atom. The van der Waals surface area contributed by atoms with Gasteiger partial charge in [0.1, 0.15) is 5.75 Å². The van der Waals surface area contributed by atoms with Gasteiger partial charge in [0.25, 0.3) is 0 Å². The van der Waals surface area contributed by atoms with E-state index in [2.05, 4.69) is 53.3 Å². The fraction of sp³-hybridized carbons (Fsp3) is 0.407. The summed E-state index contributed by atoms with van der Waals surface area (Å²) >= 11 is 0. The predicted octanol–water partition coefficient (Wildman–Crippen LogP) is 6.74. The largest absolute Gasteiger partial charge is 0.494 e. The zero-order valence-corrected chi connectivity index (χ0v) is 18.8. The number of rotatable bonds is 13. The Kier molecular flexibility index (Phi) is 9.52. The average molecular weight is 419 g/mol. The second-order valence-corrected chi connectivity index (χ2v) is 7.73. The maximum absolute atomic E-state index is 5.81. The van der Waals surface area contributed by atoms with E-state index in [-0.39, 0.29) is 0 Å². The van der Waals surface area contributed by atoms with Crippen LogP contribution in [0.3, 0.4) is 0 Å². The van der Waals surface area contributed by atoms with Crippen molar-refractivity contribution in [1.82, 2.24) is 9.97 Å². The first-order chi connectivity index (χ1) is 15.3. The number of nitrogens with zero attached hydrogens (tertiary/aromatic N) is 2. The minimum absolute atomic E-state index is 0.710. The van der Waals surface area contributed by atoms with Gasteiger partial charge in [-0.3, -0.25) is 0 Å². The molecule has 164 valence electrons. The zero-order valence-electron chi connectivity index (χ0n) is 18.8. The highest BCUT2D eigenvalue weighted by Gasteiger charge is 2.04. The van der Waals surface area contributed by atoms with Gasteiger partial charge in [-0.15, -0.1) is 0 Å². The first-order valence-corrected chi connectivity index (χ1v) is 11.5. The number of unbranched alkanes of at least 4 members (excludes halogenated alkanes) is 3. The van der Waals surface area contributed by atoms with Crippen molar-refractivity contribution in [3.8, 4) is 28.3 Å². The lowest BCUT2D eigenvalue weighted by Gasteiger charge is -2.08. The molecule has 0 atom stereocenters. The second kappa shape index (κ2) is 12.9. The monoisotopic (exact) mass is 418 g/mol. The fourth-order valence-corrected chi connectivity index (χ4v) is 3.41. The van der Waals surface area contributed by atoms with Crippen LogP contribution in [0, 0.1) is 0 Å². The summed E-state index contributed by atoms with van der Waals surface area (Å²) in [6, 6.07) is 16.7. The van der Waals surface area contributed by atoms with Gasteiger partial charge in [-0.25, -0.2) is 9.97 Å². The van der Waals surface area contributed by atoms with Gasteiger partial charge < -0.3 is 9.47 Å². The lowest BCUT2D eigenvalue weighted by molar-refractivity contribution is 0.138. The van der Waals surface area contributed by atoms with Gasteiger partial charge in [0.05, 0.1) is 6.61 Å². The molecule has 0 bridgehead atoms. The molecule has 0 aliphatic rings. The molecule has 0 aliphatic heterocycles. The third-order valence-corrected chi connectivity index (χ3v) is 5.28. The van der Waals surface area contributed by atoms with Crippen LogP contribution < -0.4 is 4.74 Å². The number of hydrogen-bond donors (Lipinski definition) is 0. The van der Waals surface area contributed by atoms with Crippen molar-refractivity contribution in [1.29, 1.82) is 0 Å². The van der Waals surface area contributed by atoms with Crippen molar-refractivity contribution < 1.29 is 9.47 Å². The summed E-state index contributed by atoms with van der Waals surface area (Å²) in [4.78, 5) is 9.17. The van der Waals surface area contributed by atoms with E-state index in [0.717, 1.165) is 60.7 Å². The molecule has 0 unspecified atom stereocenters. The van der Waals surface area contributed by atoms with Gasteiger partial charge in [0.2, 0.25) is 0 Å². The summed E-state index contributed by atoms with van der Waals surface area (Å²) in [7, 11) is 0. The minimum atomic E-state index is 0.710. The van der Waals surface area contributed by atoms with E-state index in [1.165, 1.54) is 24.8 Å². The summed E-state index contributed by atoms with van der Waals surface area (Å²) in [5, 5.41) is 0.